The number of nitrogens with zero attached hydrogens (tertiary/aromatic N) is 1. The number of aryl methyl sites for hydroxylation is 1. The van der Waals surface area contributed by atoms with Crippen molar-refractivity contribution >= 4 is 27.3 Å². The molecule has 1 aromatic heterocycles. The van der Waals surface area contributed by atoms with Gasteiger partial charge in [0, 0.05) is 35.5 Å². The summed E-state index contributed by atoms with van der Waals surface area (Å²) in [5.74, 6) is 0. The van der Waals surface area contributed by atoms with Crippen molar-refractivity contribution in [2.75, 3.05) is 26.2 Å². The molecule has 20 heavy (non-hydrogen) atoms. The predicted molar refractivity (Wildman–Crippen MR) is 89.5 cm³/mol. The Morgan fingerprint density at radius 2 is 2.05 bits per heavy atom. The molecule has 0 radical (unpaired) electrons. The van der Waals surface area contributed by atoms with Gasteiger partial charge in [0.15, 0.2) is 0 Å². The SMILES string of the molecule is Cc1csc(C(c2cccc(Br)c2)N2CCNCC2)c1. The molecule has 2 nitrogen and oxygen atoms in total. The van der Waals surface area contributed by atoms with Crippen LogP contribution in [-0.4, -0.2) is 31.1 Å². The Morgan fingerprint density at radius 1 is 1.25 bits per heavy atom. The van der Waals surface area contributed by atoms with E-state index in [2.05, 4.69) is 68.8 Å². The quantitative estimate of drug-likeness (QED) is 0.905. The molecule has 0 aliphatic carbocycles. The van der Waals surface area contributed by atoms with E-state index in [1.807, 2.05) is 11.3 Å². The molecule has 1 unspecified atom stereocenters. The Morgan fingerprint density at radius 3 is 2.70 bits per heavy atom. The second-order valence-corrected chi connectivity index (χ2v) is 7.13. The zero-order valence-electron chi connectivity index (χ0n) is 11.6. The lowest BCUT2D eigenvalue weighted by Crippen LogP contribution is -2.45. The molecule has 106 valence electrons. The molecule has 2 aromatic rings. The lowest BCUT2D eigenvalue weighted by atomic mass is 10.0. The van der Waals surface area contributed by atoms with Gasteiger partial charge in [0.05, 0.1) is 6.04 Å². The van der Waals surface area contributed by atoms with Gasteiger partial charge >= 0.3 is 0 Å². The van der Waals surface area contributed by atoms with Crippen molar-refractivity contribution in [2.45, 2.75) is 13.0 Å². The van der Waals surface area contributed by atoms with Gasteiger partial charge in [-0.15, -0.1) is 11.3 Å². The van der Waals surface area contributed by atoms with Crippen LogP contribution in [-0.2, 0) is 0 Å². The smallest absolute Gasteiger partial charge is 0.0697 e. The maximum Gasteiger partial charge on any atom is 0.0697 e. The molecule has 0 spiro atoms. The van der Waals surface area contributed by atoms with Crippen LogP contribution in [0.3, 0.4) is 0 Å². The highest BCUT2D eigenvalue weighted by Gasteiger charge is 2.25. The van der Waals surface area contributed by atoms with Gasteiger partial charge in [-0.25, -0.2) is 0 Å². The van der Waals surface area contributed by atoms with Crippen molar-refractivity contribution in [3.63, 3.8) is 0 Å². The molecule has 1 aliphatic heterocycles. The summed E-state index contributed by atoms with van der Waals surface area (Å²) in [4.78, 5) is 4.03. The zero-order valence-corrected chi connectivity index (χ0v) is 14.0. The van der Waals surface area contributed by atoms with E-state index in [1.54, 1.807) is 0 Å². The Hall–Kier alpha value is -0.680. The zero-order chi connectivity index (χ0) is 13.9. The highest BCUT2D eigenvalue weighted by molar-refractivity contribution is 9.10. The number of thiophene rings is 1. The molecule has 0 amide bonds. The van der Waals surface area contributed by atoms with Gasteiger partial charge in [0.1, 0.15) is 0 Å². The summed E-state index contributed by atoms with van der Waals surface area (Å²) in [6.45, 7) is 6.54. The largest absolute Gasteiger partial charge is 0.314 e. The molecule has 1 aromatic carbocycles. The average molecular weight is 351 g/mol. The molecule has 1 fully saturated rings. The van der Waals surface area contributed by atoms with Gasteiger partial charge in [-0.2, -0.15) is 0 Å². The van der Waals surface area contributed by atoms with Gasteiger partial charge < -0.3 is 5.32 Å². The van der Waals surface area contributed by atoms with Crippen LogP contribution in [0, 0.1) is 6.92 Å². The predicted octanol–water partition coefficient (Wildman–Crippen LogP) is 3.81. The van der Waals surface area contributed by atoms with E-state index in [4.69, 9.17) is 0 Å². The molecule has 1 aliphatic rings. The van der Waals surface area contributed by atoms with E-state index in [1.165, 1.54) is 16.0 Å². The second kappa shape index (κ2) is 6.39. The van der Waals surface area contributed by atoms with Gasteiger partial charge in [-0.1, -0.05) is 28.1 Å². The van der Waals surface area contributed by atoms with Crippen LogP contribution in [0.15, 0.2) is 40.2 Å². The van der Waals surface area contributed by atoms with E-state index < -0.39 is 0 Å². The van der Waals surface area contributed by atoms with Crippen molar-refractivity contribution in [3.8, 4) is 0 Å². The van der Waals surface area contributed by atoms with Crippen LogP contribution >= 0.6 is 27.3 Å². The number of hydrogen-bond donors (Lipinski definition) is 1. The molecule has 2 heterocycles. The minimum absolute atomic E-state index is 0.383. The molecule has 0 saturated carbocycles. The summed E-state index contributed by atoms with van der Waals surface area (Å²) in [6.07, 6.45) is 0. The van der Waals surface area contributed by atoms with Crippen LogP contribution in [0.5, 0.6) is 0 Å². The standard InChI is InChI=1S/C16H19BrN2S/c1-12-9-15(20-11-12)16(19-7-5-18-6-8-19)13-3-2-4-14(17)10-13/h2-4,9-11,16,18H,5-8H2,1H3. The fraction of sp³-hybridized carbons (Fsp3) is 0.375. The molecule has 1 N–H and O–H groups in total. The third-order valence-electron chi connectivity index (χ3n) is 3.70. The van der Waals surface area contributed by atoms with Gasteiger partial charge in [-0.3, -0.25) is 4.90 Å². The number of nitrogens with one attached hydrogen (secondary N) is 1. The van der Waals surface area contributed by atoms with Gasteiger partial charge in [0.2, 0.25) is 0 Å². The number of rotatable bonds is 3. The average Bonchev–Trinajstić information content (AvgIpc) is 2.87. The molecule has 3 rings (SSSR count). The topological polar surface area (TPSA) is 15.3 Å². The molecule has 1 atom stereocenters. The van der Waals surface area contributed by atoms with Gasteiger partial charge in [0.25, 0.3) is 0 Å². The van der Waals surface area contributed by atoms with Crippen molar-refractivity contribution in [3.05, 3.63) is 56.2 Å². The number of piperazine rings is 1. The normalized spacial score (nSPS) is 18.1. The summed E-state index contributed by atoms with van der Waals surface area (Å²) in [5.41, 5.74) is 2.74. The highest BCUT2D eigenvalue weighted by Crippen LogP contribution is 2.34. The minimum atomic E-state index is 0.383. The maximum absolute atomic E-state index is 3.60. The van der Waals surface area contributed by atoms with E-state index in [9.17, 15) is 0 Å². The summed E-state index contributed by atoms with van der Waals surface area (Å²) in [6, 6.07) is 11.4. The molecule has 4 heteroatoms. The third-order valence-corrected chi connectivity index (χ3v) is 5.30. The Labute approximate surface area is 132 Å². The maximum atomic E-state index is 3.60. The molecular formula is C16H19BrN2S. The summed E-state index contributed by atoms with van der Waals surface area (Å²) >= 11 is 5.48. The highest BCUT2D eigenvalue weighted by atomic mass is 79.9. The Bertz CT molecular complexity index is 575. The van der Waals surface area contributed by atoms with Crippen LogP contribution in [0.2, 0.25) is 0 Å². The van der Waals surface area contributed by atoms with Crippen LogP contribution in [0.4, 0.5) is 0 Å². The number of benzene rings is 1. The monoisotopic (exact) mass is 350 g/mol. The van der Waals surface area contributed by atoms with Crippen molar-refractivity contribution < 1.29 is 0 Å². The molecular weight excluding hydrogens is 332 g/mol. The van der Waals surface area contributed by atoms with Crippen LogP contribution in [0.1, 0.15) is 22.0 Å². The number of hydrogen-bond acceptors (Lipinski definition) is 3. The second-order valence-electron chi connectivity index (χ2n) is 5.27. The van der Waals surface area contributed by atoms with Crippen LogP contribution < -0.4 is 5.32 Å². The third kappa shape index (κ3) is 3.14. The minimum Gasteiger partial charge on any atom is -0.314 e. The van der Waals surface area contributed by atoms with E-state index >= 15 is 0 Å². The van der Waals surface area contributed by atoms with E-state index in [0.29, 0.717) is 6.04 Å². The summed E-state index contributed by atoms with van der Waals surface area (Å²) < 4.78 is 1.16. The fourth-order valence-electron chi connectivity index (χ4n) is 2.77. The first kappa shape index (κ1) is 14.3. The van der Waals surface area contributed by atoms with Crippen LogP contribution in [0.25, 0.3) is 0 Å². The first-order valence-electron chi connectivity index (χ1n) is 6.99. The lowest BCUT2D eigenvalue weighted by molar-refractivity contribution is 0.200. The lowest BCUT2D eigenvalue weighted by Gasteiger charge is -2.34. The summed E-state index contributed by atoms with van der Waals surface area (Å²) in [5, 5.41) is 5.69. The molecule has 1 saturated heterocycles. The van der Waals surface area contributed by atoms with Crippen molar-refractivity contribution in [1.82, 2.24) is 10.2 Å². The Kier molecular flexibility index (Phi) is 4.56. The first-order valence-corrected chi connectivity index (χ1v) is 8.66. The summed E-state index contributed by atoms with van der Waals surface area (Å²) in [7, 11) is 0. The van der Waals surface area contributed by atoms with E-state index in [-0.39, 0.29) is 0 Å². The fourth-order valence-corrected chi connectivity index (χ4v) is 4.24. The number of halogens is 1. The van der Waals surface area contributed by atoms with Gasteiger partial charge in [-0.05, 0) is 41.6 Å². The van der Waals surface area contributed by atoms with Crippen molar-refractivity contribution in [2.24, 2.45) is 0 Å². The Balaban J connectivity index is 1.98. The first-order chi connectivity index (χ1) is 9.74. The molecule has 0 bridgehead atoms. The van der Waals surface area contributed by atoms with Crippen molar-refractivity contribution in [1.29, 1.82) is 0 Å². The van der Waals surface area contributed by atoms with E-state index in [0.717, 1.165) is 30.7 Å².